The Morgan fingerprint density at radius 3 is 2.69 bits per heavy atom. The topological polar surface area (TPSA) is 72.5 Å². The zero-order chi connectivity index (χ0) is 11.9. The number of nitrogens with one attached hydrogen (secondary N) is 1. The fourth-order valence-electron chi connectivity index (χ4n) is 1.29. The zero-order valence-corrected chi connectivity index (χ0v) is 10.8. The lowest BCUT2D eigenvalue weighted by atomic mass is 10.3. The maximum atomic E-state index is 11.7. The fourth-order valence-corrected chi connectivity index (χ4v) is 6.02. The Balaban J connectivity index is 2.54. The summed E-state index contributed by atoms with van der Waals surface area (Å²) in [6.07, 6.45) is 0. The van der Waals surface area contributed by atoms with Crippen LogP contribution in [0.15, 0.2) is 20.4 Å². The fraction of sp³-hybridized carbons (Fsp3) is 0.250. The number of thioether (sulfide) groups is 1. The number of esters is 1. The van der Waals surface area contributed by atoms with E-state index in [0.29, 0.717) is 15.5 Å². The van der Waals surface area contributed by atoms with Gasteiger partial charge >= 0.3 is 5.97 Å². The second-order valence-corrected chi connectivity index (χ2v) is 6.66. The summed E-state index contributed by atoms with van der Waals surface area (Å²) < 4.78 is 16.2. The van der Waals surface area contributed by atoms with Crippen LogP contribution in [0.25, 0.3) is 0 Å². The van der Waals surface area contributed by atoms with Crippen LogP contribution in [-0.2, 0) is 24.2 Å². The van der Waals surface area contributed by atoms with E-state index in [0.717, 1.165) is 22.6 Å². The summed E-state index contributed by atoms with van der Waals surface area (Å²) in [7, 11) is 2.35. The lowest BCUT2D eigenvalue weighted by molar-refractivity contribution is -0.135. The minimum absolute atomic E-state index is 0.0751. The SMILES string of the molecule is CNC1=C2SS(=O)C(C(=O)OC)=C2SC1=O. The highest BCUT2D eigenvalue weighted by Gasteiger charge is 2.42. The van der Waals surface area contributed by atoms with Crippen molar-refractivity contribution < 1.29 is 18.5 Å². The molecule has 0 aromatic carbocycles. The molecule has 0 aromatic heterocycles. The Bertz CT molecular complexity index is 480. The van der Waals surface area contributed by atoms with Crippen molar-refractivity contribution in [2.24, 2.45) is 0 Å². The first-order chi connectivity index (χ1) is 7.60. The van der Waals surface area contributed by atoms with Gasteiger partial charge in [-0.1, -0.05) is 0 Å². The standard InChI is InChI=1S/C8H7NO4S3/c1-9-3-4-5(14-8(3)11)6(7(10)13-2)16(12)15-4/h9H,1-2H3. The smallest absolute Gasteiger partial charge is 0.349 e. The summed E-state index contributed by atoms with van der Waals surface area (Å²) in [4.78, 5) is 24.1. The van der Waals surface area contributed by atoms with Gasteiger partial charge < -0.3 is 10.1 Å². The van der Waals surface area contributed by atoms with Crippen molar-refractivity contribution in [2.75, 3.05) is 14.2 Å². The molecule has 16 heavy (non-hydrogen) atoms. The first kappa shape index (κ1) is 11.7. The minimum Gasteiger partial charge on any atom is -0.465 e. The van der Waals surface area contributed by atoms with E-state index in [2.05, 4.69) is 10.1 Å². The van der Waals surface area contributed by atoms with E-state index < -0.39 is 15.8 Å². The molecule has 0 fully saturated rings. The van der Waals surface area contributed by atoms with Crippen molar-refractivity contribution in [2.45, 2.75) is 0 Å². The van der Waals surface area contributed by atoms with Gasteiger partial charge in [0.15, 0.2) is 4.91 Å². The molecular formula is C8H7NO4S3. The zero-order valence-electron chi connectivity index (χ0n) is 8.36. The molecule has 86 valence electrons. The molecule has 1 N–H and O–H groups in total. The third kappa shape index (κ3) is 1.61. The number of ether oxygens (including phenoxy) is 1. The third-order valence-electron chi connectivity index (χ3n) is 1.98. The highest BCUT2D eigenvalue weighted by molar-refractivity contribution is 8.73. The highest BCUT2D eigenvalue weighted by Crippen LogP contribution is 2.52. The van der Waals surface area contributed by atoms with Crippen LogP contribution in [0.5, 0.6) is 0 Å². The van der Waals surface area contributed by atoms with E-state index in [1.807, 2.05) is 0 Å². The second kappa shape index (κ2) is 4.27. The lowest BCUT2D eigenvalue weighted by Crippen LogP contribution is -2.11. The monoisotopic (exact) mass is 277 g/mol. The molecule has 2 heterocycles. The van der Waals surface area contributed by atoms with Crippen LogP contribution in [0.1, 0.15) is 0 Å². The highest BCUT2D eigenvalue weighted by atomic mass is 33.1. The molecule has 2 rings (SSSR count). The van der Waals surface area contributed by atoms with Gasteiger partial charge in [0, 0.05) is 7.05 Å². The molecule has 1 atom stereocenters. The third-order valence-corrected chi connectivity index (χ3v) is 6.13. The minimum atomic E-state index is -1.49. The van der Waals surface area contributed by atoms with Gasteiger partial charge in [-0.3, -0.25) is 4.79 Å². The van der Waals surface area contributed by atoms with E-state index in [9.17, 15) is 13.8 Å². The summed E-state index contributed by atoms with van der Waals surface area (Å²) in [5.41, 5.74) is 0.400. The van der Waals surface area contributed by atoms with Crippen LogP contribution < -0.4 is 5.32 Å². The summed E-state index contributed by atoms with van der Waals surface area (Å²) in [5, 5.41) is 2.58. The lowest BCUT2D eigenvalue weighted by Gasteiger charge is -1.99. The molecule has 0 aliphatic carbocycles. The Morgan fingerprint density at radius 2 is 2.12 bits per heavy atom. The molecule has 8 heteroatoms. The molecule has 2 aliphatic heterocycles. The van der Waals surface area contributed by atoms with Crippen molar-refractivity contribution in [1.29, 1.82) is 0 Å². The first-order valence-corrected chi connectivity index (χ1v) is 7.47. The Morgan fingerprint density at radius 1 is 1.44 bits per heavy atom. The number of likely N-dealkylation sites (N-methyl/N-ethyl adjacent to an activating group) is 1. The van der Waals surface area contributed by atoms with Crippen LogP contribution >= 0.6 is 22.6 Å². The molecule has 0 saturated heterocycles. The van der Waals surface area contributed by atoms with E-state index in [1.165, 1.54) is 7.11 Å². The van der Waals surface area contributed by atoms with Crippen molar-refractivity contribution in [1.82, 2.24) is 5.32 Å². The first-order valence-electron chi connectivity index (χ1n) is 4.17. The quantitative estimate of drug-likeness (QED) is 0.581. The Kier molecular flexibility index (Phi) is 3.13. The van der Waals surface area contributed by atoms with Gasteiger partial charge in [0.1, 0.15) is 15.5 Å². The van der Waals surface area contributed by atoms with Crippen molar-refractivity contribution >= 4 is 43.5 Å². The maximum Gasteiger partial charge on any atom is 0.349 e. The summed E-state index contributed by atoms with van der Waals surface area (Å²) >= 11 is 0.914. The number of hydrogen-bond donors (Lipinski definition) is 1. The number of carbonyl (C=O) groups excluding carboxylic acids is 2. The van der Waals surface area contributed by atoms with Gasteiger partial charge in [0.25, 0.3) is 0 Å². The van der Waals surface area contributed by atoms with Crippen molar-refractivity contribution in [3.63, 3.8) is 0 Å². The van der Waals surface area contributed by atoms with Crippen LogP contribution in [0, 0.1) is 0 Å². The summed E-state index contributed by atoms with van der Waals surface area (Å²) in [6.45, 7) is 0. The molecule has 0 bridgehead atoms. The summed E-state index contributed by atoms with van der Waals surface area (Å²) in [5.74, 6) is -0.645. The number of carbonyl (C=O) groups is 2. The predicted octanol–water partition coefficient (Wildman–Crippen LogP) is 0.486. The molecule has 0 radical (unpaired) electrons. The van der Waals surface area contributed by atoms with Gasteiger partial charge in [0.2, 0.25) is 5.12 Å². The molecule has 5 nitrogen and oxygen atoms in total. The molecule has 0 spiro atoms. The van der Waals surface area contributed by atoms with Gasteiger partial charge in [-0.05, 0) is 22.6 Å². The average Bonchev–Trinajstić information content (AvgIpc) is 2.70. The largest absolute Gasteiger partial charge is 0.465 e. The van der Waals surface area contributed by atoms with E-state index >= 15 is 0 Å². The molecule has 0 aromatic rings. The maximum absolute atomic E-state index is 11.7. The normalized spacial score (nSPS) is 23.9. The van der Waals surface area contributed by atoms with Gasteiger partial charge in [0.05, 0.1) is 16.9 Å². The average molecular weight is 277 g/mol. The van der Waals surface area contributed by atoms with Crippen LogP contribution in [0.3, 0.4) is 0 Å². The van der Waals surface area contributed by atoms with Crippen LogP contribution in [0.2, 0.25) is 0 Å². The Labute approximate surface area is 102 Å². The summed E-state index contributed by atoms with van der Waals surface area (Å²) in [6, 6.07) is 0. The molecule has 2 aliphatic rings. The van der Waals surface area contributed by atoms with Crippen LogP contribution in [-0.4, -0.2) is 29.5 Å². The van der Waals surface area contributed by atoms with Crippen molar-refractivity contribution in [3.8, 4) is 0 Å². The number of fused-ring (bicyclic) bond motifs is 1. The van der Waals surface area contributed by atoms with Crippen molar-refractivity contribution in [3.05, 3.63) is 20.4 Å². The molecule has 0 saturated carbocycles. The number of hydrogen-bond acceptors (Lipinski definition) is 7. The van der Waals surface area contributed by atoms with Gasteiger partial charge in [-0.15, -0.1) is 0 Å². The van der Waals surface area contributed by atoms with Gasteiger partial charge in [-0.25, -0.2) is 9.00 Å². The number of rotatable bonds is 2. The molecule has 1 unspecified atom stereocenters. The Hall–Kier alpha value is -0.730. The van der Waals surface area contributed by atoms with E-state index in [-0.39, 0.29) is 10.0 Å². The predicted molar refractivity (Wildman–Crippen MR) is 63.5 cm³/mol. The second-order valence-electron chi connectivity index (χ2n) is 2.81. The number of methoxy groups -OCH3 is 1. The van der Waals surface area contributed by atoms with Gasteiger partial charge in [-0.2, -0.15) is 0 Å². The molecule has 0 amide bonds. The molecular weight excluding hydrogens is 270 g/mol. The van der Waals surface area contributed by atoms with E-state index in [4.69, 9.17) is 0 Å². The van der Waals surface area contributed by atoms with E-state index in [1.54, 1.807) is 7.05 Å². The van der Waals surface area contributed by atoms with Crippen LogP contribution in [0.4, 0.5) is 0 Å².